The fourth-order valence-corrected chi connectivity index (χ4v) is 7.40. The molecule has 2 aromatic carbocycles. The predicted octanol–water partition coefficient (Wildman–Crippen LogP) is 20.0. The van der Waals surface area contributed by atoms with Crippen LogP contribution in [0.25, 0.3) is 11.6 Å². The summed E-state index contributed by atoms with van der Waals surface area (Å²) in [5.74, 6) is 1.82. The van der Waals surface area contributed by atoms with Crippen LogP contribution in [0.2, 0.25) is 0 Å². The summed E-state index contributed by atoms with van der Waals surface area (Å²) in [5.41, 5.74) is 17.2. The van der Waals surface area contributed by atoms with E-state index in [0.717, 1.165) is 47.1 Å². The molecule has 0 bridgehead atoms. The third-order valence-electron chi connectivity index (χ3n) is 11.0. The second kappa shape index (κ2) is 48.9. The third kappa shape index (κ3) is 40.3. The molecule has 3 nitrogen and oxygen atoms in total. The van der Waals surface area contributed by atoms with Crippen molar-refractivity contribution in [1.82, 2.24) is 10.6 Å². The summed E-state index contributed by atoms with van der Waals surface area (Å²) in [4.78, 5) is 0. The van der Waals surface area contributed by atoms with Gasteiger partial charge in [0.25, 0.3) is 0 Å². The fourth-order valence-electron chi connectivity index (χ4n) is 7.40. The quantitative estimate of drug-likeness (QED) is 0.109. The zero-order valence-corrected chi connectivity index (χ0v) is 47.4. The molecule has 0 aromatic heterocycles. The molecule has 4 N–H and O–H groups in total. The molecule has 1 heterocycles. The Bertz CT molecular complexity index is 1500. The molecular formula is C63H113N3. The lowest BCUT2D eigenvalue weighted by Gasteiger charge is -2.34. The molecule has 1 unspecified atom stereocenters. The number of benzene rings is 2. The van der Waals surface area contributed by atoms with Gasteiger partial charge in [0.05, 0.1) is 6.04 Å². The number of para-hydroxylation sites is 1. The van der Waals surface area contributed by atoms with Gasteiger partial charge < -0.3 is 16.4 Å². The molecule has 0 saturated heterocycles. The first-order valence-electron chi connectivity index (χ1n) is 26.3. The van der Waals surface area contributed by atoms with Crippen molar-refractivity contribution in [2.24, 2.45) is 17.3 Å². The lowest BCUT2D eigenvalue weighted by Crippen LogP contribution is -2.24. The molecule has 1 saturated carbocycles. The molecule has 1 aliphatic carbocycles. The van der Waals surface area contributed by atoms with Crippen molar-refractivity contribution in [3.63, 3.8) is 0 Å². The van der Waals surface area contributed by atoms with E-state index in [0.29, 0.717) is 11.5 Å². The standard InChI is InChI=1S/C16H22.C13H28.C9H13N.C8H18.C7H9N.C3H7N.C3H6.C2H6.C2H4/c1-6-9-15-10-13(7-2)14(8-3)11-16(15)12(4)5;1-6-9-13(8-3,10-7-2)11-12(4)5;1-7(2)9-5-4-8(3)6-10-9;1-4-6-8(3)7-5-2;1-6-4-2-3-5-7(6)8;1-3-4-2;1-2-3-1;2*1-2/h6,9-11H,4,7-8H2,1-3,5H3;12H,6-11H2,1-5H3;4-6,9-10H,1H2,2-3H3;8H,4-7H2,1-3H3;2-5H,8H2,1H3;3-4H,1H2,2H3;1-3H2;1-2H3;1-2H2/b9-6+;;;;;;;;. The van der Waals surface area contributed by atoms with Crippen LogP contribution in [0.1, 0.15) is 222 Å². The van der Waals surface area contributed by atoms with Gasteiger partial charge in [-0.3, -0.25) is 0 Å². The number of anilines is 1. The Labute approximate surface area is 415 Å². The van der Waals surface area contributed by atoms with E-state index in [2.05, 4.69) is 170 Å². The molecule has 4 rings (SSSR count). The molecule has 1 fully saturated rings. The molecule has 66 heavy (non-hydrogen) atoms. The summed E-state index contributed by atoms with van der Waals surface area (Å²) >= 11 is 0. The summed E-state index contributed by atoms with van der Waals surface area (Å²) in [6, 6.07) is 12.8. The average molecular weight is 913 g/mol. The van der Waals surface area contributed by atoms with Gasteiger partial charge in [-0.25, -0.2) is 0 Å². The van der Waals surface area contributed by atoms with Gasteiger partial charge >= 0.3 is 0 Å². The highest BCUT2D eigenvalue weighted by molar-refractivity contribution is 5.73. The summed E-state index contributed by atoms with van der Waals surface area (Å²) in [6.07, 6.45) is 32.7. The number of rotatable bonds is 17. The predicted molar refractivity (Wildman–Crippen MR) is 312 cm³/mol. The van der Waals surface area contributed by atoms with Gasteiger partial charge in [0.15, 0.2) is 0 Å². The number of nitrogens with two attached hydrogens (primary N) is 1. The second-order valence-electron chi connectivity index (χ2n) is 18.0. The molecule has 380 valence electrons. The van der Waals surface area contributed by atoms with Gasteiger partial charge in [-0.1, -0.05) is 233 Å². The van der Waals surface area contributed by atoms with Gasteiger partial charge in [0.1, 0.15) is 0 Å². The Kier molecular flexibility index (Phi) is 52.7. The lowest BCUT2D eigenvalue weighted by atomic mass is 9.71. The van der Waals surface area contributed by atoms with Crippen LogP contribution in [0, 0.1) is 24.2 Å². The maximum absolute atomic E-state index is 5.52. The normalized spacial score (nSPS) is 12.6. The first-order chi connectivity index (χ1) is 31.5. The zero-order valence-electron chi connectivity index (χ0n) is 47.4. The summed E-state index contributed by atoms with van der Waals surface area (Å²) in [6.45, 7) is 54.5. The van der Waals surface area contributed by atoms with E-state index in [1.165, 1.54) is 111 Å². The Balaban J connectivity index is -0.000000226. The summed E-state index contributed by atoms with van der Waals surface area (Å²) < 4.78 is 0. The number of dihydropyridines is 1. The fraction of sp³-hybridized carbons (Fsp3) is 0.587. The maximum Gasteiger partial charge on any atom is 0.0650 e. The minimum absolute atomic E-state index is 0.337. The van der Waals surface area contributed by atoms with Crippen molar-refractivity contribution in [2.45, 2.75) is 220 Å². The van der Waals surface area contributed by atoms with E-state index < -0.39 is 0 Å². The topological polar surface area (TPSA) is 50.1 Å². The van der Waals surface area contributed by atoms with Crippen molar-refractivity contribution in [2.75, 3.05) is 12.8 Å². The van der Waals surface area contributed by atoms with Crippen LogP contribution in [-0.4, -0.2) is 13.1 Å². The summed E-state index contributed by atoms with van der Waals surface area (Å²) in [7, 11) is 1.81. The van der Waals surface area contributed by atoms with E-state index in [9.17, 15) is 0 Å². The Morgan fingerprint density at radius 1 is 0.833 bits per heavy atom. The molecule has 2 aliphatic rings. The first kappa shape index (κ1) is 71.0. The SMILES string of the molecule is C1CC1.C=C.C=C(C)C1C=CC(C)=CN1.C=C(C)c1cc(CC)c(CC)cc1/C=C/C.C=CNC.CC.CCCC(C)CCC.CCCC(CC)(CCC)CC(C)C.Cc1ccccc1N. The highest BCUT2D eigenvalue weighted by Gasteiger charge is 2.26. The zero-order chi connectivity index (χ0) is 51.9. The molecule has 0 amide bonds. The van der Waals surface area contributed by atoms with Crippen LogP contribution in [0.5, 0.6) is 0 Å². The first-order valence-corrected chi connectivity index (χ1v) is 26.3. The van der Waals surface area contributed by atoms with Crippen molar-refractivity contribution < 1.29 is 0 Å². The van der Waals surface area contributed by atoms with Gasteiger partial charge in [-0.15, -0.1) is 13.2 Å². The molecule has 2 aromatic rings. The highest BCUT2D eigenvalue weighted by atomic mass is 14.9. The minimum atomic E-state index is 0.337. The monoisotopic (exact) mass is 912 g/mol. The van der Waals surface area contributed by atoms with Crippen LogP contribution in [0.3, 0.4) is 0 Å². The van der Waals surface area contributed by atoms with Crippen molar-refractivity contribution in [3.8, 4) is 0 Å². The van der Waals surface area contributed by atoms with Crippen molar-refractivity contribution in [1.29, 1.82) is 0 Å². The Morgan fingerprint density at radius 2 is 1.32 bits per heavy atom. The Hall–Kier alpha value is -3.98. The van der Waals surface area contributed by atoms with E-state index in [1.807, 2.05) is 65.2 Å². The van der Waals surface area contributed by atoms with E-state index >= 15 is 0 Å². The van der Waals surface area contributed by atoms with Crippen LogP contribution >= 0.6 is 0 Å². The summed E-state index contributed by atoms with van der Waals surface area (Å²) in [5, 5.41) is 5.91. The molecular weight excluding hydrogens is 799 g/mol. The number of allylic oxidation sites excluding steroid dienone is 4. The Morgan fingerprint density at radius 3 is 1.61 bits per heavy atom. The van der Waals surface area contributed by atoms with Crippen LogP contribution in [-0.2, 0) is 12.8 Å². The number of aryl methyl sites for hydroxylation is 3. The molecule has 0 radical (unpaired) electrons. The smallest absolute Gasteiger partial charge is 0.0650 e. The molecule has 1 atom stereocenters. The second-order valence-corrected chi connectivity index (χ2v) is 18.0. The van der Waals surface area contributed by atoms with Crippen LogP contribution in [0.4, 0.5) is 5.69 Å². The molecule has 1 aliphatic heterocycles. The largest absolute Gasteiger partial charge is 0.399 e. The van der Waals surface area contributed by atoms with Gasteiger partial charge in [-0.2, -0.15) is 0 Å². The van der Waals surface area contributed by atoms with Crippen molar-refractivity contribution in [3.05, 3.63) is 139 Å². The van der Waals surface area contributed by atoms with Crippen LogP contribution < -0.4 is 16.4 Å². The highest BCUT2D eigenvalue weighted by Crippen LogP contribution is 2.39. The lowest BCUT2D eigenvalue weighted by molar-refractivity contribution is 0.177. The van der Waals surface area contributed by atoms with Gasteiger partial charge in [0, 0.05) is 18.9 Å². The van der Waals surface area contributed by atoms with Gasteiger partial charge in [0.2, 0.25) is 0 Å². The number of hydrogen-bond acceptors (Lipinski definition) is 3. The number of nitrogens with one attached hydrogen (secondary N) is 2. The van der Waals surface area contributed by atoms with Crippen LogP contribution in [0.15, 0.2) is 111 Å². The van der Waals surface area contributed by atoms with Gasteiger partial charge in [-0.05, 0) is 130 Å². The number of nitrogen functional groups attached to an aromatic ring is 1. The average Bonchev–Trinajstić information content (AvgIpc) is 4.20. The molecule has 3 heteroatoms. The van der Waals surface area contributed by atoms with Crippen molar-refractivity contribution >= 4 is 17.3 Å². The van der Waals surface area contributed by atoms with E-state index in [1.54, 1.807) is 6.20 Å². The minimum Gasteiger partial charge on any atom is -0.399 e. The third-order valence-corrected chi connectivity index (χ3v) is 11.0. The number of hydrogen-bond donors (Lipinski definition) is 3. The maximum atomic E-state index is 5.52. The van der Waals surface area contributed by atoms with E-state index in [-0.39, 0.29) is 0 Å². The van der Waals surface area contributed by atoms with E-state index in [4.69, 9.17) is 5.73 Å². The molecule has 0 spiro atoms.